The molecule has 1 aromatic carbocycles. The van der Waals surface area contributed by atoms with E-state index in [-0.39, 0.29) is 12.1 Å². The first-order valence-corrected chi connectivity index (χ1v) is 8.51. The van der Waals surface area contributed by atoms with E-state index in [2.05, 4.69) is 66.3 Å². The zero-order valence-corrected chi connectivity index (χ0v) is 13.6. The third-order valence-electron chi connectivity index (χ3n) is 5.78. The van der Waals surface area contributed by atoms with Gasteiger partial charge in [-0.1, -0.05) is 42.5 Å². The molecule has 2 unspecified atom stereocenters. The SMILES string of the molecule is C/C=C/C1C(OC)C2=C(c3cccc4ccn1c34)[C@@H]1C=C[C@H]2C1. The summed E-state index contributed by atoms with van der Waals surface area (Å²) in [5.74, 6) is 1.11. The first-order chi connectivity index (χ1) is 11.3. The Labute approximate surface area is 136 Å². The van der Waals surface area contributed by atoms with Crippen LogP contribution in [0.25, 0.3) is 16.5 Å². The third kappa shape index (κ3) is 1.62. The van der Waals surface area contributed by atoms with E-state index in [0.717, 1.165) is 0 Å². The summed E-state index contributed by atoms with van der Waals surface area (Å²) in [4.78, 5) is 0. The standard InChI is InChI=1S/C21H21NO/c1-3-5-17-21(23-2)19-15-9-8-14(12-15)18(19)16-7-4-6-13-10-11-22(17)20(13)16/h3-11,14-15,17,21H,12H2,1-2H3/b5-3+/t14-,15+,17?,21?/m1/s1. The van der Waals surface area contributed by atoms with E-state index < -0.39 is 0 Å². The fraction of sp³-hybridized carbons (Fsp3) is 0.333. The average molecular weight is 303 g/mol. The second kappa shape index (κ2) is 4.72. The number of ether oxygens (including phenoxy) is 1. The summed E-state index contributed by atoms with van der Waals surface area (Å²) in [6.45, 7) is 2.10. The molecule has 2 aromatic rings. The molecule has 0 saturated heterocycles. The highest BCUT2D eigenvalue weighted by Gasteiger charge is 2.44. The Balaban J connectivity index is 1.88. The van der Waals surface area contributed by atoms with Crippen molar-refractivity contribution < 1.29 is 4.74 Å². The zero-order chi connectivity index (χ0) is 15.6. The normalized spacial score (nSPS) is 31.4. The number of hydrogen-bond acceptors (Lipinski definition) is 1. The number of para-hydroxylation sites is 1. The van der Waals surface area contributed by atoms with Gasteiger partial charge in [-0.3, -0.25) is 0 Å². The van der Waals surface area contributed by atoms with Crippen molar-refractivity contribution in [1.29, 1.82) is 0 Å². The van der Waals surface area contributed by atoms with Crippen LogP contribution in [0.15, 0.2) is 60.3 Å². The Morgan fingerprint density at radius 3 is 2.87 bits per heavy atom. The highest BCUT2D eigenvalue weighted by molar-refractivity contribution is 5.96. The second-order valence-corrected chi connectivity index (χ2v) is 6.84. The number of nitrogens with zero attached hydrogens (tertiary/aromatic N) is 1. The molecule has 0 saturated carbocycles. The molecule has 2 heteroatoms. The minimum Gasteiger partial charge on any atom is -0.375 e. The predicted molar refractivity (Wildman–Crippen MR) is 94.2 cm³/mol. The maximum Gasteiger partial charge on any atom is 0.104 e. The molecule has 2 bridgehead atoms. The first-order valence-electron chi connectivity index (χ1n) is 8.51. The molecule has 4 atom stereocenters. The van der Waals surface area contributed by atoms with Crippen LogP contribution in [0.2, 0.25) is 0 Å². The first kappa shape index (κ1) is 13.4. The molecule has 1 aromatic heterocycles. The average Bonchev–Trinajstić information content (AvgIpc) is 3.26. The lowest BCUT2D eigenvalue weighted by atomic mass is 9.86. The van der Waals surface area contributed by atoms with Crippen molar-refractivity contribution in [2.75, 3.05) is 7.11 Å². The van der Waals surface area contributed by atoms with Crippen molar-refractivity contribution in [3.8, 4) is 0 Å². The molecule has 0 amide bonds. The molecule has 23 heavy (non-hydrogen) atoms. The molecule has 2 nitrogen and oxygen atoms in total. The molecule has 0 spiro atoms. The number of hydrogen-bond donors (Lipinski definition) is 0. The fourth-order valence-electron chi connectivity index (χ4n) is 4.95. The number of rotatable bonds is 2. The van der Waals surface area contributed by atoms with E-state index in [1.54, 1.807) is 0 Å². The molecule has 5 rings (SSSR count). The molecule has 0 radical (unpaired) electrons. The van der Waals surface area contributed by atoms with Crippen molar-refractivity contribution in [2.45, 2.75) is 25.5 Å². The summed E-state index contributed by atoms with van der Waals surface area (Å²) in [6, 6.07) is 9.17. The topological polar surface area (TPSA) is 14.2 Å². The van der Waals surface area contributed by atoms with Crippen LogP contribution in [0.1, 0.15) is 24.9 Å². The summed E-state index contributed by atoms with van der Waals surface area (Å²) in [7, 11) is 1.86. The van der Waals surface area contributed by atoms with Crippen molar-refractivity contribution >= 4 is 16.5 Å². The van der Waals surface area contributed by atoms with E-state index in [9.17, 15) is 0 Å². The van der Waals surface area contributed by atoms with Crippen LogP contribution in [0.5, 0.6) is 0 Å². The Morgan fingerprint density at radius 2 is 2.04 bits per heavy atom. The molecule has 2 aliphatic carbocycles. The Morgan fingerprint density at radius 1 is 1.17 bits per heavy atom. The smallest absolute Gasteiger partial charge is 0.104 e. The van der Waals surface area contributed by atoms with Crippen molar-refractivity contribution in [2.24, 2.45) is 11.8 Å². The third-order valence-corrected chi connectivity index (χ3v) is 5.78. The fourth-order valence-corrected chi connectivity index (χ4v) is 4.95. The maximum absolute atomic E-state index is 6.07. The summed E-state index contributed by atoms with van der Waals surface area (Å²) in [5, 5.41) is 1.33. The summed E-state index contributed by atoms with van der Waals surface area (Å²) in [5.41, 5.74) is 5.82. The second-order valence-electron chi connectivity index (χ2n) is 6.84. The van der Waals surface area contributed by atoms with Crippen LogP contribution < -0.4 is 0 Å². The van der Waals surface area contributed by atoms with E-state index in [0.29, 0.717) is 11.8 Å². The van der Waals surface area contributed by atoms with Gasteiger partial charge in [0.15, 0.2) is 0 Å². The zero-order valence-electron chi connectivity index (χ0n) is 13.6. The number of methoxy groups -OCH3 is 1. The molecular weight excluding hydrogens is 282 g/mol. The van der Waals surface area contributed by atoms with Crippen molar-refractivity contribution in [3.05, 3.63) is 65.9 Å². The molecule has 0 N–H and O–H groups in total. The molecule has 0 fully saturated rings. The van der Waals surface area contributed by atoms with Gasteiger partial charge in [0.05, 0.1) is 11.6 Å². The quantitative estimate of drug-likeness (QED) is 0.730. The van der Waals surface area contributed by atoms with E-state index in [1.165, 1.54) is 34.0 Å². The lowest BCUT2D eigenvalue weighted by Gasteiger charge is -2.28. The summed E-state index contributed by atoms with van der Waals surface area (Å²) in [6.07, 6.45) is 12.8. The number of fused-ring (bicyclic) bond motifs is 5. The Bertz CT molecular complexity index is 882. The van der Waals surface area contributed by atoms with Crippen LogP contribution >= 0.6 is 0 Å². The van der Waals surface area contributed by atoms with Gasteiger partial charge in [-0.2, -0.15) is 0 Å². The number of aromatic nitrogens is 1. The van der Waals surface area contributed by atoms with E-state index >= 15 is 0 Å². The Kier molecular flexibility index (Phi) is 2.75. The van der Waals surface area contributed by atoms with Crippen molar-refractivity contribution in [3.63, 3.8) is 0 Å². The summed E-state index contributed by atoms with van der Waals surface area (Å²) < 4.78 is 8.48. The van der Waals surface area contributed by atoms with Gasteiger partial charge < -0.3 is 9.30 Å². The van der Waals surface area contributed by atoms with Crippen LogP contribution in [0.4, 0.5) is 0 Å². The van der Waals surface area contributed by atoms with Gasteiger partial charge in [-0.25, -0.2) is 0 Å². The minimum atomic E-state index is 0.115. The van der Waals surface area contributed by atoms with Gasteiger partial charge in [-0.15, -0.1) is 0 Å². The highest BCUT2D eigenvalue weighted by atomic mass is 16.5. The highest BCUT2D eigenvalue weighted by Crippen LogP contribution is 2.54. The van der Waals surface area contributed by atoms with E-state index in [4.69, 9.17) is 4.74 Å². The lowest BCUT2D eigenvalue weighted by molar-refractivity contribution is 0.0976. The van der Waals surface area contributed by atoms with Crippen molar-refractivity contribution in [1.82, 2.24) is 4.57 Å². The Hall–Kier alpha value is -2.06. The molecule has 116 valence electrons. The number of allylic oxidation sites excluding steroid dienone is 4. The molecule has 3 aliphatic rings. The summed E-state index contributed by atoms with van der Waals surface area (Å²) >= 11 is 0. The molecule has 2 heterocycles. The predicted octanol–water partition coefficient (Wildman–Crippen LogP) is 4.75. The van der Waals surface area contributed by atoms with Gasteiger partial charge in [0.2, 0.25) is 0 Å². The van der Waals surface area contributed by atoms with Crippen LogP contribution in [0, 0.1) is 11.8 Å². The van der Waals surface area contributed by atoms with Crippen LogP contribution in [-0.4, -0.2) is 17.8 Å². The van der Waals surface area contributed by atoms with Crippen LogP contribution in [-0.2, 0) is 4.74 Å². The minimum absolute atomic E-state index is 0.115. The maximum atomic E-state index is 6.07. The van der Waals surface area contributed by atoms with E-state index in [1.807, 2.05) is 7.11 Å². The number of benzene rings is 1. The largest absolute Gasteiger partial charge is 0.375 e. The lowest BCUT2D eigenvalue weighted by Crippen LogP contribution is -2.27. The molecular formula is C21H21NO. The van der Waals surface area contributed by atoms with Crippen LogP contribution in [0.3, 0.4) is 0 Å². The van der Waals surface area contributed by atoms with Gasteiger partial charge in [-0.05, 0) is 30.6 Å². The van der Waals surface area contributed by atoms with Gasteiger partial charge in [0.25, 0.3) is 0 Å². The van der Waals surface area contributed by atoms with Gasteiger partial charge in [0.1, 0.15) is 6.10 Å². The monoisotopic (exact) mass is 303 g/mol. The van der Waals surface area contributed by atoms with Gasteiger partial charge in [0, 0.05) is 36.1 Å². The molecule has 1 aliphatic heterocycles. The van der Waals surface area contributed by atoms with Gasteiger partial charge >= 0.3 is 0 Å².